The van der Waals surface area contributed by atoms with Crippen LogP contribution in [0.2, 0.25) is 0 Å². The molecule has 3 nitrogen and oxygen atoms in total. The summed E-state index contributed by atoms with van der Waals surface area (Å²) in [5.41, 5.74) is 0. The lowest BCUT2D eigenvalue weighted by molar-refractivity contribution is 0.0998. The zero-order chi connectivity index (χ0) is 10.2. The number of hydrogen-bond acceptors (Lipinski definition) is 3. The van der Waals surface area contributed by atoms with Gasteiger partial charge in [-0.15, -0.1) is 0 Å². The Labute approximate surface area is 87.8 Å². The molecular formula is C11H24N2O. The summed E-state index contributed by atoms with van der Waals surface area (Å²) in [5.74, 6) is 0. The molecular weight excluding hydrogens is 176 g/mol. The first-order valence-electron chi connectivity index (χ1n) is 5.77. The Kier molecular flexibility index (Phi) is 6.15. The average Bonchev–Trinajstić information content (AvgIpc) is 2.67. The fourth-order valence-electron chi connectivity index (χ4n) is 1.88. The van der Waals surface area contributed by atoms with Crippen LogP contribution in [-0.4, -0.2) is 51.3 Å². The minimum absolute atomic E-state index is 0.563. The molecule has 1 heterocycles. The molecule has 0 spiro atoms. The van der Waals surface area contributed by atoms with E-state index in [-0.39, 0.29) is 0 Å². The molecule has 1 N–H and O–H groups in total. The van der Waals surface area contributed by atoms with Gasteiger partial charge in [0.2, 0.25) is 0 Å². The van der Waals surface area contributed by atoms with Crippen molar-refractivity contribution < 1.29 is 4.74 Å². The van der Waals surface area contributed by atoms with Crippen LogP contribution in [0.15, 0.2) is 0 Å². The highest BCUT2D eigenvalue weighted by molar-refractivity contribution is 4.65. The molecule has 0 radical (unpaired) electrons. The van der Waals surface area contributed by atoms with Crippen LogP contribution < -0.4 is 5.32 Å². The summed E-state index contributed by atoms with van der Waals surface area (Å²) < 4.78 is 5.59. The molecule has 0 aromatic heterocycles. The second-order valence-electron chi connectivity index (χ2n) is 4.18. The molecule has 0 amide bonds. The molecule has 0 aromatic rings. The molecule has 0 bridgehead atoms. The fraction of sp³-hybridized carbons (Fsp3) is 1.00. The minimum atomic E-state index is 0.563. The maximum Gasteiger partial charge on any atom is 0.0576 e. The molecule has 1 atom stereocenters. The van der Waals surface area contributed by atoms with Crippen LogP contribution in [0, 0.1) is 0 Å². The van der Waals surface area contributed by atoms with Crippen molar-refractivity contribution in [1.29, 1.82) is 0 Å². The van der Waals surface area contributed by atoms with Crippen molar-refractivity contribution in [3.63, 3.8) is 0 Å². The SMILES string of the molecule is CNCCN(C)CCCC1CCCO1. The van der Waals surface area contributed by atoms with Gasteiger partial charge in [0, 0.05) is 19.7 Å². The van der Waals surface area contributed by atoms with Gasteiger partial charge >= 0.3 is 0 Å². The van der Waals surface area contributed by atoms with E-state index in [1.165, 1.54) is 32.2 Å². The van der Waals surface area contributed by atoms with E-state index in [9.17, 15) is 0 Å². The van der Waals surface area contributed by atoms with Crippen LogP contribution in [0.3, 0.4) is 0 Å². The van der Waals surface area contributed by atoms with Gasteiger partial charge in [0.15, 0.2) is 0 Å². The monoisotopic (exact) mass is 200 g/mol. The summed E-state index contributed by atoms with van der Waals surface area (Å²) in [6, 6.07) is 0. The molecule has 84 valence electrons. The lowest BCUT2D eigenvalue weighted by atomic mass is 10.1. The van der Waals surface area contributed by atoms with Crippen molar-refractivity contribution in [3.8, 4) is 0 Å². The van der Waals surface area contributed by atoms with Gasteiger partial charge in [-0.2, -0.15) is 0 Å². The molecule has 14 heavy (non-hydrogen) atoms. The van der Waals surface area contributed by atoms with Crippen molar-refractivity contribution in [1.82, 2.24) is 10.2 Å². The molecule has 1 fully saturated rings. The lowest BCUT2D eigenvalue weighted by Crippen LogP contribution is -2.28. The standard InChI is InChI=1S/C11H24N2O/c1-12-7-9-13(2)8-3-5-11-6-4-10-14-11/h11-12H,3-10H2,1-2H3. The van der Waals surface area contributed by atoms with E-state index in [0.29, 0.717) is 6.10 Å². The number of nitrogens with one attached hydrogen (secondary N) is 1. The smallest absolute Gasteiger partial charge is 0.0576 e. The molecule has 3 heteroatoms. The fourth-order valence-corrected chi connectivity index (χ4v) is 1.88. The Hall–Kier alpha value is -0.120. The molecule has 1 aliphatic heterocycles. The Bertz CT molecular complexity index is 135. The van der Waals surface area contributed by atoms with Crippen LogP contribution in [-0.2, 0) is 4.74 Å². The van der Waals surface area contributed by atoms with Crippen LogP contribution in [0.5, 0.6) is 0 Å². The number of ether oxygens (including phenoxy) is 1. The van der Waals surface area contributed by atoms with E-state index in [4.69, 9.17) is 4.74 Å². The maximum atomic E-state index is 5.59. The number of likely N-dealkylation sites (N-methyl/N-ethyl adjacent to an activating group) is 2. The van der Waals surface area contributed by atoms with Gasteiger partial charge < -0.3 is 15.0 Å². The Morgan fingerprint density at radius 3 is 2.93 bits per heavy atom. The summed E-state index contributed by atoms with van der Waals surface area (Å²) in [6.07, 6.45) is 5.61. The van der Waals surface area contributed by atoms with Gasteiger partial charge in [0.25, 0.3) is 0 Å². The van der Waals surface area contributed by atoms with Crippen molar-refractivity contribution in [2.75, 3.05) is 40.3 Å². The van der Waals surface area contributed by atoms with Crippen LogP contribution in [0.25, 0.3) is 0 Å². The highest BCUT2D eigenvalue weighted by Crippen LogP contribution is 2.16. The second kappa shape index (κ2) is 7.21. The van der Waals surface area contributed by atoms with E-state index in [1.54, 1.807) is 0 Å². The van der Waals surface area contributed by atoms with Gasteiger partial charge in [0.05, 0.1) is 6.10 Å². The number of nitrogens with zero attached hydrogens (tertiary/aromatic N) is 1. The van der Waals surface area contributed by atoms with E-state index in [2.05, 4.69) is 17.3 Å². The van der Waals surface area contributed by atoms with Crippen molar-refractivity contribution >= 4 is 0 Å². The van der Waals surface area contributed by atoms with E-state index in [1.807, 2.05) is 7.05 Å². The molecule has 1 rings (SSSR count). The predicted octanol–water partition coefficient (Wildman–Crippen LogP) is 1.10. The lowest BCUT2D eigenvalue weighted by Gasteiger charge is -2.17. The largest absolute Gasteiger partial charge is 0.378 e. The second-order valence-corrected chi connectivity index (χ2v) is 4.18. The average molecular weight is 200 g/mol. The summed E-state index contributed by atoms with van der Waals surface area (Å²) in [6.45, 7) is 4.40. The molecule has 0 aromatic carbocycles. The van der Waals surface area contributed by atoms with Gasteiger partial charge in [-0.1, -0.05) is 0 Å². The van der Waals surface area contributed by atoms with Gasteiger partial charge in [-0.05, 0) is 46.3 Å². The predicted molar refractivity (Wildman–Crippen MR) is 59.6 cm³/mol. The summed E-state index contributed by atoms with van der Waals surface area (Å²) in [5, 5.41) is 3.16. The normalized spacial score (nSPS) is 22.1. The maximum absolute atomic E-state index is 5.59. The Morgan fingerprint density at radius 1 is 1.43 bits per heavy atom. The van der Waals surface area contributed by atoms with Gasteiger partial charge in [-0.25, -0.2) is 0 Å². The minimum Gasteiger partial charge on any atom is -0.378 e. The molecule has 1 saturated heterocycles. The van der Waals surface area contributed by atoms with Gasteiger partial charge in [-0.3, -0.25) is 0 Å². The molecule has 1 aliphatic rings. The number of rotatable bonds is 7. The van der Waals surface area contributed by atoms with Crippen molar-refractivity contribution in [2.45, 2.75) is 31.8 Å². The summed E-state index contributed by atoms with van der Waals surface area (Å²) >= 11 is 0. The number of hydrogen-bond donors (Lipinski definition) is 1. The molecule has 1 unspecified atom stereocenters. The summed E-state index contributed by atoms with van der Waals surface area (Å²) in [7, 11) is 4.19. The van der Waals surface area contributed by atoms with Crippen molar-refractivity contribution in [3.05, 3.63) is 0 Å². The first kappa shape index (κ1) is 12.0. The third-order valence-corrected chi connectivity index (χ3v) is 2.83. The highest BCUT2D eigenvalue weighted by Gasteiger charge is 2.14. The van der Waals surface area contributed by atoms with E-state index < -0.39 is 0 Å². The topological polar surface area (TPSA) is 24.5 Å². The third kappa shape index (κ3) is 4.94. The Balaban J connectivity index is 1.91. The summed E-state index contributed by atoms with van der Waals surface area (Å²) in [4.78, 5) is 2.38. The van der Waals surface area contributed by atoms with Crippen LogP contribution in [0.1, 0.15) is 25.7 Å². The Morgan fingerprint density at radius 2 is 2.29 bits per heavy atom. The van der Waals surface area contributed by atoms with E-state index >= 15 is 0 Å². The van der Waals surface area contributed by atoms with E-state index in [0.717, 1.165) is 19.7 Å². The third-order valence-electron chi connectivity index (χ3n) is 2.83. The first-order valence-corrected chi connectivity index (χ1v) is 5.77. The highest BCUT2D eigenvalue weighted by atomic mass is 16.5. The molecule has 0 aliphatic carbocycles. The van der Waals surface area contributed by atoms with Gasteiger partial charge in [0.1, 0.15) is 0 Å². The zero-order valence-electron chi connectivity index (χ0n) is 9.59. The van der Waals surface area contributed by atoms with Crippen molar-refractivity contribution in [2.24, 2.45) is 0 Å². The quantitative estimate of drug-likeness (QED) is 0.666. The van der Waals surface area contributed by atoms with Crippen LogP contribution >= 0.6 is 0 Å². The molecule has 0 saturated carbocycles. The first-order chi connectivity index (χ1) is 6.83. The van der Waals surface area contributed by atoms with Crippen LogP contribution in [0.4, 0.5) is 0 Å². The zero-order valence-corrected chi connectivity index (χ0v) is 9.59.